The van der Waals surface area contributed by atoms with Gasteiger partial charge in [-0.2, -0.15) is 5.10 Å². The monoisotopic (exact) mass is 242 g/mol. The van der Waals surface area contributed by atoms with E-state index < -0.39 is 5.92 Å². The highest BCUT2D eigenvalue weighted by Gasteiger charge is 2.43. The maximum atomic E-state index is 13.9. The molecule has 1 aliphatic carbocycles. The van der Waals surface area contributed by atoms with Crippen LogP contribution in [0.1, 0.15) is 61.4 Å². The summed E-state index contributed by atoms with van der Waals surface area (Å²) in [5.74, 6) is -3.30. The molecule has 0 N–H and O–H groups in total. The van der Waals surface area contributed by atoms with Crippen molar-refractivity contribution in [2.45, 2.75) is 52.0 Å². The van der Waals surface area contributed by atoms with E-state index in [1.807, 2.05) is 13.8 Å². The van der Waals surface area contributed by atoms with Crippen LogP contribution in [0, 0.1) is 0 Å². The molecule has 0 atom stereocenters. The number of hydrogen-bond donors (Lipinski definition) is 0. The normalized spacial score (nSPS) is 18.2. The first-order valence-electron chi connectivity index (χ1n) is 5.85. The van der Waals surface area contributed by atoms with E-state index in [0.717, 1.165) is 0 Å². The van der Waals surface area contributed by atoms with Crippen LogP contribution in [-0.4, -0.2) is 15.6 Å². The summed E-state index contributed by atoms with van der Waals surface area (Å²) in [6.45, 7) is 5.05. The van der Waals surface area contributed by atoms with Gasteiger partial charge in [-0.1, -0.05) is 0 Å². The Morgan fingerprint density at radius 1 is 1.47 bits per heavy atom. The number of carbonyl (C=O) groups is 1. The summed E-state index contributed by atoms with van der Waals surface area (Å²) in [5.41, 5.74) is 0.338. The molecule has 2 rings (SSSR count). The van der Waals surface area contributed by atoms with Gasteiger partial charge in [0.05, 0.1) is 5.56 Å². The lowest BCUT2D eigenvalue weighted by Crippen LogP contribution is -2.23. The standard InChI is InChI=1S/C12H16F2N2O/c1-7(2)16-9-5-4-6-12(13,14)10(9)11(15-16)8(3)17/h7H,4-6H2,1-3H3. The van der Waals surface area contributed by atoms with Gasteiger partial charge in [0.2, 0.25) is 0 Å². The highest BCUT2D eigenvalue weighted by Crippen LogP contribution is 2.42. The van der Waals surface area contributed by atoms with Crippen LogP contribution in [0.25, 0.3) is 0 Å². The maximum Gasteiger partial charge on any atom is 0.277 e. The quantitative estimate of drug-likeness (QED) is 0.747. The molecule has 0 radical (unpaired) electrons. The molecule has 17 heavy (non-hydrogen) atoms. The van der Waals surface area contributed by atoms with E-state index in [1.165, 1.54) is 6.92 Å². The van der Waals surface area contributed by atoms with Gasteiger partial charge in [-0.05, 0) is 26.7 Å². The number of carbonyl (C=O) groups excluding carboxylic acids is 1. The summed E-state index contributed by atoms with van der Waals surface area (Å²) in [5, 5.41) is 4.07. The molecule has 0 fully saturated rings. The molecular formula is C12H16F2N2O. The van der Waals surface area contributed by atoms with E-state index in [0.29, 0.717) is 18.5 Å². The molecule has 0 saturated carbocycles. The van der Waals surface area contributed by atoms with Gasteiger partial charge < -0.3 is 0 Å². The Kier molecular flexibility index (Phi) is 2.79. The Bertz CT molecular complexity index is 463. The van der Waals surface area contributed by atoms with Crippen molar-refractivity contribution in [3.8, 4) is 0 Å². The van der Waals surface area contributed by atoms with Crippen molar-refractivity contribution in [3.63, 3.8) is 0 Å². The van der Waals surface area contributed by atoms with Crippen LogP contribution in [-0.2, 0) is 12.3 Å². The molecule has 0 unspecified atom stereocenters. The largest absolute Gasteiger partial charge is 0.293 e. The highest BCUT2D eigenvalue weighted by atomic mass is 19.3. The average Bonchev–Trinajstić information content (AvgIpc) is 2.58. The van der Waals surface area contributed by atoms with Gasteiger partial charge in [0, 0.05) is 25.1 Å². The first kappa shape index (κ1) is 12.2. The molecule has 0 spiro atoms. The van der Waals surface area contributed by atoms with Crippen LogP contribution in [0.2, 0.25) is 0 Å². The summed E-state index contributed by atoms with van der Waals surface area (Å²) in [4.78, 5) is 11.4. The van der Waals surface area contributed by atoms with Crippen LogP contribution in [0.3, 0.4) is 0 Å². The zero-order valence-corrected chi connectivity index (χ0v) is 10.3. The first-order chi connectivity index (χ1) is 7.84. The van der Waals surface area contributed by atoms with Crippen molar-refractivity contribution in [2.75, 3.05) is 0 Å². The molecule has 0 aliphatic heterocycles. The fraction of sp³-hybridized carbons (Fsp3) is 0.667. The lowest BCUT2D eigenvalue weighted by Gasteiger charge is -2.24. The Morgan fingerprint density at radius 3 is 2.65 bits per heavy atom. The van der Waals surface area contributed by atoms with E-state index in [2.05, 4.69) is 5.10 Å². The molecule has 0 bridgehead atoms. The summed E-state index contributed by atoms with van der Waals surface area (Å²) < 4.78 is 29.3. The van der Waals surface area contributed by atoms with Gasteiger partial charge in [0.25, 0.3) is 5.92 Å². The predicted octanol–water partition coefficient (Wildman–Crippen LogP) is 3.09. The third-order valence-corrected chi connectivity index (χ3v) is 3.10. The molecule has 1 aromatic heterocycles. The summed E-state index contributed by atoms with van der Waals surface area (Å²) in [6.07, 6.45) is 0.823. The highest BCUT2D eigenvalue weighted by molar-refractivity contribution is 5.94. The number of fused-ring (bicyclic) bond motifs is 1. The molecule has 3 nitrogen and oxygen atoms in total. The smallest absolute Gasteiger partial charge is 0.277 e. The third kappa shape index (κ3) is 1.87. The first-order valence-corrected chi connectivity index (χ1v) is 5.85. The Morgan fingerprint density at radius 2 is 2.12 bits per heavy atom. The van der Waals surface area contributed by atoms with Gasteiger partial charge in [-0.25, -0.2) is 8.78 Å². The third-order valence-electron chi connectivity index (χ3n) is 3.10. The van der Waals surface area contributed by atoms with Gasteiger partial charge in [-0.15, -0.1) is 0 Å². The minimum atomic E-state index is -2.91. The number of rotatable bonds is 2. The van der Waals surface area contributed by atoms with Crippen LogP contribution in [0.15, 0.2) is 0 Å². The van der Waals surface area contributed by atoms with Crippen molar-refractivity contribution in [1.29, 1.82) is 0 Å². The van der Waals surface area contributed by atoms with Crippen molar-refractivity contribution in [3.05, 3.63) is 17.0 Å². The van der Waals surface area contributed by atoms with Gasteiger partial charge in [0.15, 0.2) is 5.78 Å². The Hall–Kier alpha value is -1.26. The topological polar surface area (TPSA) is 34.9 Å². The molecule has 1 heterocycles. The van der Waals surface area contributed by atoms with Crippen molar-refractivity contribution < 1.29 is 13.6 Å². The number of halogens is 2. The molecule has 1 aliphatic rings. The van der Waals surface area contributed by atoms with E-state index in [-0.39, 0.29) is 29.5 Å². The molecule has 1 aromatic rings. The Labute approximate surface area is 98.8 Å². The zero-order chi connectivity index (χ0) is 12.8. The van der Waals surface area contributed by atoms with Crippen LogP contribution < -0.4 is 0 Å². The summed E-state index contributed by atoms with van der Waals surface area (Å²) in [6, 6.07) is -0.00856. The van der Waals surface area contributed by atoms with E-state index in [9.17, 15) is 13.6 Å². The van der Waals surface area contributed by atoms with Crippen LogP contribution in [0.4, 0.5) is 8.78 Å². The van der Waals surface area contributed by atoms with Gasteiger partial charge >= 0.3 is 0 Å². The molecule has 0 amide bonds. The number of aromatic nitrogens is 2. The lowest BCUT2D eigenvalue weighted by atomic mass is 9.91. The second-order valence-electron chi connectivity index (χ2n) is 4.82. The number of Topliss-reactive ketones (excluding diaryl/α,β-unsaturated/α-hetero) is 1. The zero-order valence-electron chi connectivity index (χ0n) is 10.3. The number of hydrogen-bond acceptors (Lipinski definition) is 2. The second kappa shape index (κ2) is 3.89. The predicted molar refractivity (Wildman–Crippen MR) is 59.4 cm³/mol. The average molecular weight is 242 g/mol. The fourth-order valence-electron chi connectivity index (χ4n) is 2.37. The number of alkyl halides is 2. The summed E-state index contributed by atoms with van der Waals surface area (Å²) in [7, 11) is 0. The number of nitrogens with zero attached hydrogens (tertiary/aromatic N) is 2. The van der Waals surface area contributed by atoms with E-state index in [4.69, 9.17) is 0 Å². The molecular weight excluding hydrogens is 226 g/mol. The molecule has 0 saturated heterocycles. The van der Waals surface area contributed by atoms with Crippen molar-refractivity contribution >= 4 is 5.78 Å². The van der Waals surface area contributed by atoms with E-state index >= 15 is 0 Å². The van der Waals surface area contributed by atoms with Gasteiger partial charge in [0.1, 0.15) is 5.69 Å². The second-order valence-corrected chi connectivity index (χ2v) is 4.82. The van der Waals surface area contributed by atoms with Crippen molar-refractivity contribution in [2.24, 2.45) is 0 Å². The maximum absolute atomic E-state index is 13.9. The minimum absolute atomic E-state index is 0.00856. The minimum Gasteiger partial charge on any atom is -0.293 e. The molecule has 94 valence electrons. The van der Waals surface area contributed by atoms with Crippen LogP contribution in [0.5, 0.6) is 0 Å². The van der Waals surface area contributed by atoms with Gasteiger partial charge in [-0.3, -0.25) is 9.48 Å². The lowest BCUT2D eigenvalue weighted by molar-refractivity contribution is -0.0228. The van der Waals surface area contributed by atoms with E-state index in [1.54, 1.807) is 4.68 Å². The van der Waals surface area contributed by atoms with Crippen LogP contribution >= 0.6 is 0 Å². The SMILES string of the molecule is CC(=O)c1nn(C(C)C)c2c1C(F)(F)CCC2. The Balaban J connectivity index is 2.68. The molecule has 0 aromatic carbocycles. The summed E-state index contributed by atoms with van der Waals surface area (Å²) >= 11 is 0. The fourth-order valence-corrected chi connectivity index (χ4v) is 2.37. The molecule has 5 heteroatoms. The number of ketones is 1. The van der Waals surface area contributed by atoms with Crippen molar-refractivity contribution in [1.82, 2.24) is 9.78 Å².